The van der Waals surface area contributed by atoms with Crippen LogP contribution in [0.5, 0.6) is 5.75 Å². The van der Waals surface area contributed by atoms with Gasteiger partial charge in [-0.2, -0.15) is 0 Å². The van der Waals surface area contributed by atoms with E-state index in [1.807, 2.05) is 42.7 Å². The molecule has 5 nitrogen and oxygen atoms in total. The molecule has 176 valence electrons. The van der Waals surface area contributed by atoms with Crippen molar-refractivity contribution < 1.29 is 9.53 Å². The molecule has 0 spiro atoms. The van der Waals surface area contributed by atoms with Crippen molar-refractivity contribution in [3.05, 3.63) is 60.4 Å². The van der Waals surface area contributed by atoms with E-state index in [1.165, 1.54) is 0 Å². The molecule has 0 unspecified atom stereocenters. The van der Waals surface area contributed by atoms with Gasteiger partial charge in [-0.15, -0.1) is 0 Å². The van der Waals surface area contributed by atoms with Gasteiger partial charge in [-0.05, 0) is 57.5 Å². The Morgan fingerprint density at radius 1 is 0.970 bits per heavy atom. The molecule has 4 rings (SSSR count). The van der Waals surface area contributed by atoms with Crippen molar-refractivity contribution in [1.29, 1.82) is 0 Å². The van der Waals surface area contributed by atoms with Gasteiger partial charge in [0, 0.05) is 5.41 Å². The Bertz CT molecular complexity index is 1200. The highest BCUT2D eigenvalue weighted by Gasteiger charge is 2.66. The highest BCUT2D eigenvalue weighted by molar-refractivity contribution is 5.87. The van der Waals surface area contributed by atoms with Crippen LogP contribution in [0.3, 0.4) is 0 Å². The predicted octanol–water partition coefficient (Wildman–Crippen LogP) is 5.98. The summed E-state index contributed by atoms with van der Waals surface area (Å²) < 4.78 is 7.75. The zero-order valence-corrected chi connectivity index (χ0v) is 21.4. The normalized spacial score (nSPS) is 20.5. The van der Waals surface area contributed by atoms with E-state index in [9.17, 15) is 4.79 Å². The SMILES string of the molecule is COc1cccc(C(C)(C)N2C(=O)C(C)(C)C(C)(C)[C@H]2C(C)(C)n2cnc3ccccc32)c1. The van der Waals surface area contributed by atoms with Crippen LogP contribution in [-0.4, -0.2) is 33.5 Å². The topological polar surface area (TPSA) is 47.4 Å². The second-order valence-electron chi connectivity index (χ2n) is 11.5. The fraction of sp³-hybridized carbons (Fsp3) is 0.500. The number of likely N-dealkylation sites (tertiary alicyclic amines) is 1. The third kappa shape index (κ3) is 3.19. The lowest BCUT2D eigenvalue weighted by molar-refractivity contribution is -0.142. The third-order valence-electron chi connectivity index (χ3n) is 8.43. The second kappa shape index (κ2) is 7.34. The maximum absolute atomic E-state index is 14.2. The molecule has 1 saturated heterocycles. The smallest absolute Gasteiger partial charge is 0.229 e. The number of hydrogen-bond donors (Lipinski definition) is 0. The van der Waals surface area contributed by atoms with Crippen LogP contribution in [0.4, 0.5) is 0 Å². The van der Waals surface area contributed by atoms with E-state index in [0.717, 1.165) is 22.3 Å². The number of fused-ring (bicyclic) bond motifs is 1. The monoisotopic (exact) mass is 447 g/mol. The highest BCUT2D eigenvalue weighted by Crippen LogP contribution is 2.58. The van der Waals surface area contributed by atoms with Gasteiger partial charge in [-0.3, -0.25) is 4.79 Å². The Labute approximate surface area is 197 Å². The number of carbonyl (C=O) groups excluding carboxylic acids is 1. The summed E-state index contributed by atoms with van der Waals surface area (Å²) >= 11 is 0. The van der Waals surface area contributed by atoms with E-state index < -0.39 is 16.5 Å². The Hall–Kier alpha value is -2.82. The van der Waals surface area contributed by atoms with Gasteiger partial charge in [-0.1, -0.05) is 52.0 Å². The first-order valence-corrected chi connectivity index (χ1v) is 11.7. The lowest BCUT2D eigenvalue weighted by Gasteiger charge is -2.51. The first-order chi connectivity index (χ1) is 15.3. The number of benzene rings is 2. The number of amides is 1. The quantitative estimate of drug-likeness (QED) is 0.483. The zero-order valence-electron chi connectivity index (χ0n) is 21.4. The number of rotatable bonds is 5. The Morgan fingerprint density at radius 2 is 1.64 bits per heavy atom. The number of nitrogens with zero attached hydrogens (tertiary/aromatic N) is 3. The number of carbonyl (C=O) groups is 1. The molecule has 1 fully saturated rings. The first-order valence-electron chi connectivity index (χ1n) is 11.7. The summed E-state index contributed by atoms with van der Waals surface area (Å²) in [6.45, 7) is 17.4. The third-order valence-corrected chi connectivity index (χ3v) is 8.43. The van der Waals surface area contributed by atoms with Gasteiger partial charge in [-0.25, -0.2) is 4.98 Å². The molecule has 0 radical (unpaired) electrons. The van der Waals surface area contributed by atoms with Gasteiger partial charge < -0.3 is 14.2 Å². The molecule has 5 heteroatoms. The van der Waals surface area contributed by atoms with Crippen molar-refractivity contribution in [2.75, 3.05) is 7.11 Å². The van der Waals surface area contributed by atoms with E-state index in [4.69, 9.17) is 4.74 Å². The first kappa shape index (κ1) is 23.3. The molecule has 33 heavy (non-hydrogen) atoms. The number of methoxy groups -OCH3 is 1. The Morgan fingerprint density at radius 3 is 2.30 bits per heavy atom. The maximum Gasteiger partial charge on any atom is 0.229 e. The lowest BCUT2D eigenvalue weighted by atomic mass is 9.63. The summed E-state index contributed by atoms with van der Waals surface area (Å²) in [6, 6.07) is 16.2. The molecule has 1 amide bonds. The summed E-state index contributed by atoms with van der Waals surface area (Å²) in [5, 5.41) is 0. The molecule has 2 aromatic carbocycles. The highest BCUT2D eigenvalue weighted by atomic mass is 16.5. The fourth-order valence-electron chi connectivity index (χ4n) is 5.83. The van der Waals surface area contributed by atoms with Crippen LogP contribution < -0.4 is 4.74 Å². The Kier molecular flexibility index (Phi) is 5.19. The van der Waals surface area contributed by atoms with Gasteiger partial charge in [0.25, 0.3) is 0 Å². The molecule has 3 aromatic rings. The molecule has 0 saturated carbocycles. The lowest BCUT2D eigenvalue weighted by Crippen LogP contribution is -2.58. The molecule has 2 heterocycles. The zero-order chi connectivity index (χ0) is 24.4. The van der Waals surface area contributed by atoms with Crippen molar-refractivity contribution >= 4 is 16.9 Å². The van der Waals surface area contributed by atoms with Crippen LogP contribution in [0.25, 0.3) is 11.0 Å². The van der Waals surface area contributed by atoms with Gasteiger partial charge in [0.05, 0.1) is 47.0 Å². The molecule has 1 aliphatic rings. The predicted molar refractivity (Wildman–Crippen MR) is 133 cm³/mol. The number of ether oxygens (including phenoxy) is 1. The van der Waals surface area contributed by atoms with Gasteiger partial charge in [0.15, 0.2) is 0 Å². The summed E-state index contributed by atoms with van der Waals surface area (Å²) in [6.07, 6.45) is 1.92. The molecular formula is C28H37N3O2. The summed E-state index contributed by atoms with van der Waals surface area (Å²) in [5.74, 6) is 0.963. The van der Waals surface area contributed by atoms with E-state index in [0.29, 0.717) is 0 Å². The minimum atomic E-state index is -0.547. The number of para-hydroxylation sites is 2. The van der Waals surface area contributed by atoms with Gasteiger partial charge in [0.2, 0.25) is 5.91 Å². The van der Waals surface area contributed by atoms with Crippen LogP contribution in [-0.2, 0) is 15.9 Å². The molecule has 1 aromatic heterocycles. The summed E-state index contributed by atoms with van der Waals surface area (Å²) in [4.78, 5) is 21.0. The largest absolute Gasteiger partial charge is 0.497 e. The minimum absolute atomic E-state index is 0.0914. The van der Waals surface area contributed by atoms with E-state index in [-0.39, 0.29) is 17.4 Å². The van der Waals surface area contributed by atoms with Gasteiger partial charge in [0.1, 0.15) is 5.75 Å². The van der Waals surface area contributed by atoms with Crippen LogP contribution in [0.1, 0.15) is 61.0 Å². The number of hydrogen-bond acceptors (Lipinski definition) is 3. The van der Waals surface area contributed by atoms with Crippen molar-refractivity contribution in [3.63, 3.8) is 0 Å². The van der Waals surface area contributed by atoms with Crippen molar-refractivity contribution in [1.82, 2.24) is 14.5 Å². The average Bonchev–Trinajstić information content (AvgIpc) is 3.26. The molecule has 1 atom stereocenters. The minimum Gasteiger partial charge on any atom is -0.497 e. The molecule has 0 aliphatic carbocycles. The summed E-state index contributed by atoms with van der Waals surface area (Å²) in [5.41, 5.74) is 1.28. The van der Waals surface area contributed by atoms with Crippen molar-refractivity contribution in [2.45, 2.75) is 72.5 Å². The average molecular weight is 448 g/mol. The number of aromatic nitrogens is 2. The van der Waals surface area contributed by atoms with Crippen LogP contribution in [0, 0.1) is 10.8 Å². The van der Waals surface area contributed by atoms with E-state index >= 15 is 0 Å². The van der Waals surface area contributed by atoms with Crippen molar-refractivity contribution in [3.8, 4) is 5.75 Å². The second-order valence-corrected chi connectivity index (χ2v) is 11.5. The van der Waals surface area contributed by atoms with E-state index in [1.54, 1.807) is 7.11 Å². The van der Waals surface area contributed by atoms with Crippen molar-refractivity contribution in [2.24, 2.45) is 10.8 Å². The standard InChI is InChI=1S/C28H37N3O2/c1-25(2)23(28(7,8)30-18-29-21-15-10-11-16-22(21)30)31(24(32)26(25,3)4)27(5,6)19-13-12-14-20(17-19)33-9/h10-18,23H,1-9H3/t23-/m0/s1. The van der Waals surface area contributed by atoms with Crippen LogP contribution in [0.2, 0.25) is 0 Å². The van der Waals surface area contributed by atoms with Crippen LogP contribution in [0.15, 0.2) is 54.9 Å². The Balaban J connectivity index is 1.94. The molecule has 0 N–H and O–H groups in total. The molecular weight excluding hydrogens is 410 g/mol. The summed E-state index contributed by atoms with van der Waals surface area (Å²) in [7, 11) is 1.68. The molecule has 0 bridgehead atoms. The fourth-order valence-corrected chi connectivity index (χ4v) is 5.83. The van der Waals surface area contributed by atoms with E-state index in [2.05, 4.69) is 82.0 Å². The molecule has 1 aliphatic heterocycles. The maximum atomic E-state index is 14.2. The van der Waals surface area contributed by atoms with Crippen LogP contribution >= 0.6 is 0 Å². The number of imidazole rings is 1. The van der Waals surface area contributed by atoms with Gasteiger partial charge >= 0.3 is 0 Å².